The fraction of sp³-hybridized carbons (Fsp3) is 0.600. The summed E-state index contributed by atoms with van der Waals surface area (Å²) >= 11 is 3.16. The number of ether oxygens (including phenoxy) is 1. The van der Waals surface area contributed by atoms with Crippen LogP contribution in [-0.4, -0.2) is 42.1 Å². The first kappa shape index (κ1) is 16.9. The number of nitrogens with one attached hydrogen (secondary N) is 1. The molecule has 7 heteroatoms. The van der Waals surface area contributed by atoms with Gasteiger partial charge < -0.3 is 19.4 Å². The molecular formula is C15H21BrN2O4. The van der Waals surface area contributed by atoms with Crippen LogP contribution in [0, 0.1) is 5.92 Å². The Hall–Kier alpha value is -1.50. The number of carbonyl (C=O) groups excluding carboxylic acids is 2. The number of hydrogen-bond donors (Lipinski definition) is 1. The van der Waals surface area contributed by atoms with Crippen LogP contribution in [0.5, 0.6) is 0 Å². The molecule has 0 unspecified atom stereocenters. The molecule has 1 aromatic rings. The first-order chi connectivity index (χ1) is 10.2. The molecule has 6 nitrogen and oxygen atoms in total. The van der Waals surface area contributed by atoms with Gasteiger partial charge in [-0.15, -0.1) is 0 Å². The SMILES string of the molecule is CC(C)(C)OC(=O)N1CC[C@H](CNC(=O)c2ccc(Br)o2)C1. The van der Waals surface area contributed by atoms with E-state index in [1.165, 1.54) is 0 Å². The number of rotatable bonds is 3. The van der Waals surface area contributed by atoms with E-state index in [1.807, 2.05) is 20.8 Å². The van der Waals surface area contributed by atoms with E-state index < -0.39 is 5.60 Å². The average Bonchev–Trinajstić information content (AvgIpc) is 3.02. The van der Waals surface area contributed by atoms with Crippen LogP contribution < -0.4 is 5.32 Å². The summed E-state index contributed by atoms with van der Waals surface area (Å²) < 4.78 is 11.1. The smallest absolute Gasteiger partial charge is 0.410 e. The summed E-state index contributed by atoms with van der Waals surface area (Å²) in [6, 6.07) is 3.29. The highest BCUT2D eigenvalue weighted by Crippen LogP contribution is 2.19. The molecule has 1 aliphatic heterocycles. The first-order valence-electron chi connectivity index (χ1n) is 7.26. The predicted octanol–water partition coefficient (Wildman–Crippen LogP) is 3.03. The summed E-state index contributed by atoms with van der Waals surface area (Å²) in [5.41, 5.74) is -0.490. The van der Waals surface area contributed by atoms with Crippen molar-refractivity contribution in [2.75, 3.05) is 19.6 Å². The number of nitrogens with zero attached hydrogens (tertiary/aromatic N) is 1. The van der Waals surface area contributed by atoms with Crippen LogP contribution in [0.1, 0.15) is 37.7 Å². The molecular weight excluding hydrogens is 352 g/mol. The van der Waals surface area contributed by atoms with Gasteiger partial charge in [0.2, 0.25) is 0 Å². The maximum Gasteiger partial charge on any atom is 0.410 e. The molecule has 1 atom stereocenters. The third-order valence-corrected chi connectivity index (χ3v) is 3.71. The topological polar surface area (TPSA) is 71.8 Å². The van der Waals surface area contributed by atoms with Gasteiger partial charge in [-0.2, -0.15) is 0 Å². The van der Waals surface area contributed by atoms with E-state index in [1.54, 1.807) is 17.0 Å². The van der Waals surface area contributed by atoms with Gasteiger partial charge in [-0.25, -0.2) is 4.79 Å². The minimum atomic E-state index is -0.490. The van der Waals surface area contributed by atoms with Crippen molar-refractivity contribution in [2.24, 2.45) is 5.92 Å². The van der Waals surface area contributed by atoms with Crippen molar-refractivity contribution in [3.63, 3.8) is 0 Å². The fourth-order valence-corrected chi connectivity index (χ4v) is 2.56. The summed E-state index contributed by atoms with van der Waals surface area (Å²) in [6.45, 7) is 7.30. The van der Waals surface area contributed by atoms with Crippen molar-refractivity contribution < 1.29 is 18.7 Å². The molecule has 1 saturated heterocycles. The van der Waals surface area contributed by atoms with E-state index in [4.69, 9.17) is 9.15 Å². The predicted molar refractivity (Wildman–Crippen MR) is 84.7 cm³/mol. The third-order valence-electron chi connectivity index (χ3n) is 3.29. The lowest BCUT2D eigenvalue weighted by atomic mass is 10.1. The Kier molecular flexibility index (Phi) is 5.16. The molecule has 0 bridgehead atoms. The molecule has 1 aliphatic rings. The van der Waals surface area contributed by atoms with E-state index in [0.717, 1.165) is 6.42 Å². The Morgan fingerprint density at radius 2 is 2.18 bits per heavy atom. The minimum Gasteiger partial charge on any atom is -0.444 e. The van der Waals surface area contributed by atoms with Gasteiger partial charge in [0.1, 0.15) is 5.60 Å². The highest BCUT2D eigenvalue weighted by atomic mass is 79.9. The van der Waals surface area contributed by atoms with E-state index >= 15 is 0 Å². The quantitative estimate of drug-likeness (QED) is 0.884. The highest BCUT2D eigenvalue weighted by Gasteiger charge is 2.30. The standard InChI is InChI=1S/C15H21BrN2O4/c1-15(2,3)22-14(20)18-7-6-10(9-18)8-17-13(19)11-4-5-12(16)21-11/h4-5,10H,6-9H2,1-3H3,(H,17,19)/t10-/m1/s1. The van der Waals surface area contributed by atoms with Gasteiger partial charge in [-0.05, 0) is 61.2 Å². The highest BCUT2D eigenvalue weighted by molar-refractivity contribution is 9.10. The average molecular weight is 373 g/mol. The molecule has 0 aromatic carbocycles. The lowest BCUT2D eigenvalue weighted by molar-refractivity contribution is 0.0288. The van der Waals surface area contributed by atoms with Gasteiger partial charge in [-0.3, -0.25) is 4.79 Å². The van der Waals surface area contributed by atoms with Gasteiger partial charge in [0, 0.05) is 19.6 Å². The van der Waals surface area contributed by atoms with Crippen LogP contribution in [0.3, 0.4) is 0 Å². The zero-order valence-corrected chi connectivity index (χ0v) is 14.6. The Labute approximate surface area is 138 Å². The molecule has 2 heterocycles. The van der Waals surface area contributed by atoms with Crippen molar-refractivity contribution in [1.29, 1.82) is 0 Å². The number of carbonyl (C=O) groups is 2. The van der Waals surface area contributed by atoms with Crippen LogP contribution in [0.2, 0.25) is 0 Å². The van der Waals surface area contributed by atoms with Crippen molar-refractivity contribution in [3.05, 3.63) is 22.6 Å². The number of amides is 2. The molecule has 0 radical (unpaired) electrons. The molecule has 0 spiro atoms. The Morgan fingerprint density at radius 3 is 2.77 bits per heavy atom. The van der Waals surface area contributed by atoms with E-state index in [-0.39, 0.29) is 23.7 Å². The van der Waals surface area contributed by atoms with Gasteiger partial charge >= 0.3 is 6.09 Å². The molecule has 0 saturated carbocycles. The van der Waals surface area contributed by atoms with Crippen LogP contribution in [0.4, 0.5) is 4.79 Å². The molecule has 22 heavy (non-hydrogen) atoms. The van der Waals surface area contributed by atoms with Crippen LogP contribution in [0.25, 0.3) is 0 Å². The molecule has 2 rings (SSSR count). The summed E-state index contributed by atoms with van der Waals surface area (Å²) in [4.78, 5) is 25.5. The monoisotopic (exact) mass is 372 g/mol. The van der Waals surface area contributed by atoms with Crippen LogP contribution in [-0.2, 0) is 4.74 Å². The lowest BCUT2D eigenvalue weighted by Gasteiger charge is -2.24. The maximum atomic E-state index is 12.0. The molecule has 2 amide bonds. The number of halogens is 1. The van der Waals surface area contributed by atoms with Gasteiger partial charge in [0.15, 0.2) is 10.4 Å². The van der Waals surface area contributed by atoms with Gasteiger partial charge in [0.25, 0.3) is 5.91 Å². The molecule has 122 valence electrons. The number of likely N-dealkylation sites (tertiary alicyclic amines) is 1. The maximum absolute atomic E-state index is 12.0. The van der Waals surface area contributed by atoms with Crippen molar-refractivity contribution >= 4 is 27.9 Å². The molecule has 1 aromatic heterocycles. The second kappa shape index (κ2) is 6.73. The first-order valence-corrected chi connectivity index (χ1v) is 8.05. The van der Waals surface area contributed by atoms with Crippen LogP contribution >= 0.6 is 15.9 Å². The largest absolute Gasteiger partial charge is 0.444 e. The van der Waals surface area contributed by atoms with Gasteiger partial charge in [-0.1, -0.05) is 0 Å². The fourth-order valence-electron chi connectivity index (χ4n) is 2.25. The van der Waals surface area contributed by atoms with E-state index in [2.05, 4.69) is 21.2 Å². The summed E-state index contributed by atoms with van der Waals surface area (Å²) in [7, 11) is 0. The number of hydrogen-bond acceptors (Lipinski definition) is 4. The van der Waals surface area contributed by atoms with E-state index in [0.29, 0.717) is 24.3 Å². The second-order valence-electron chi connectivity index (χ2n) is 6.39. The van der Waals surface area contributed by atoms with E-state index in [9.17, 15) is 9.59 Å². The third kappa shape index (κ3) is 4.76. The summed E-state index contributed by atoms with van der Waals surface area (Å²) in [5, 5.41) is 2.83. The minimum absolute atomic E-state index is 0.231. The Balaban J connectivity index is 1.77. The Bertz CT molecular complexity index is 550. The zero-order valence-electron chi connectivity index (χ0n) is 13.0. The van der Waals surface area contributed by atoms with Crippen molar-refractivity contribution in [3.8, 4) is 0 Å². The Morgan fingerprint density at radius 1 is 1.45 bits per heavy atom. The summed E-state index contributed by atoms with van der Waals surface area (Å²) in [6.07, 6.45) is 0.553. The summed E-state index contributed by atoms with van der Waals surface area (Å²) in [5.74, 6) is 0.255. The van der Waals surface area contributed by atoms with Crippen molar-refractivity contribution in [1.82, 2.24) is 10.2 Å². The zero-order chi connectivity index (χ0) is 16.3. The van der Waals surface area contributed by atoms with Crippen molar-refractivity contribution in [2.45, 2.75) is 32.8 Å². The normalized spacial score (nSPS) is 18.4. The molecule has 0 aliphatic carbocycles. The molecule has 1 N–H and O–H groups in total. The number of furan rings is 1. The van der Waals surface area contributed by atoms with Crippen LogP contribution in [0.15, 0.2) is 21.2 Å². The van der Waals surface area contributed by atoms with Gasteiger partial charge in [0.05, 0.1) is 0 Å². The second-order valence-corrected chi connectivity index (χ2v) is 7.18. The molecule has 1 fully saturated rings. The lowest BCUT2D eigenvalue weighted by Crippen LogP contribution is -2.36.